The second-order valence-electron chi connectivity index (χ2n) is 5.52. The number of carbonyl (C=O) groups is 1. The van der Waals surface area contributed by atoms with Gasteiger partial charge in [-0.1, -0.05) is 11.6 Å². The van der Waals surface area contributed by atoms with Crippen LogP contribution < -0.4 is 10.1 Å². The second-order valence-corrected chi connectivity index (χ2v) is 9.51. The lowest BCUT2D eigenvalue weighted by atomic mass is 10.2. The molecule has 128 valence electrons. The van der Waals surface area contributed by atoms with E-state index in [1.54, 1.807) is 26.2 Å². The molecule has 0 radical (unpaired) electrons. The van der Waals surface area contributed by atoms with Gasteiger partial charge in [0.2, 0.25) is 5.91 Å². The first kappa shape index (κ1) is 18.4. The Balaban J connectivity index is 1.88. The molecule has 0 aliphatic carbocycles. The molecule has 1 aromatic carbocycles. The molecule has 2 atom stereocenters. The van der Waals surface area contributed by atoms with E-state index in [-0.39, 0.29) is 28.7 Å². The van der Waals surface area contributed by atoms with Crippen molar-refractivity contribution in [3.05, 3.63) is 28.8 Å². The van der Waals surface area contributed by atoms with E-state index in [0.29, 0.717) is 17.2 Å². The van der Waals surface area contributed by atoms with Crippen LogP contribution >= 0.6 is 23.4 Å². The van der Waals surface area contributed by atoms with Gasteiger partial charge >= 0.3 is 0 Å². The zero-order chi connectivity index (χ0) is 17.0. The molecule has 1 aromatic rings. The number of nitrogens with one attached hydrogen (secondary N) is 1. The van der Waals surface area contributed by atoms with Crippen LogP contribution in [-0.2, 0) is 20.4 Å². The standard InChI is InChI=1S/C15H20ClNO4S2/c1-10(15(18)17-13-5-6-23(19,20)9-13)22-8-11-7-12(16)3-4-14(11)21-2/h3-4,7,10,13H,5-6,8-9H2,1-2H3,(H,17,18)/t10-,13+/m1/s1. The van der Waals surface area contributed by atoms with E-state index in [4.69, 9.17) is 16.3 Å². The highest BCUT2D eigenvalue weighted by Crippen LogP contribution is 2.28. The summed E-state index contributed by atoms with van der Waals surface area (Å²) in [6.45, 7) is 1.81. The van der Waals surface area contributed by atoms with Crippen molar-refractivity contribution in [3.63, 3.8) is 0 Å². The molecule has 2 rings (SSSR count). The van der Waals surface area contributed by atoms with Crippen LogP contribution in [0.1, 0.15) is 18.9 Å². The number of hydrogen-bond acceptors (Lipinski definition) is 5. The van der Waals surface area contributed by atoms with Gasteiger partial charge in [-0.25, -0.2) is 8.42 Å². The number of halogens is 1. The van der Waals surface area contributed by atoms with Crippen molar-refractivity contribution in [2.24, 2.45) is 0 Å². The topological polar surface area (TPSA) is 72.5 Å². The van der Waals surface area contributed by atoms with Gasteiger partial charge in [0.1, 0.15) is 5.75 Å². The first-order valence-corrected chi connectivity index (χ1v) is 10.5. The number of sulfone groups is 1. The predicted molar refractivity (Wildman–Crippen MR) is 94.0 cm³/mol. The van der Waals surface area contributed by atoms with Crippen molar-refractivity contribution in [3.8, 4) is 5.75 Å². The van der Waals surface area contributed by atoms with Crippen molar-refractivity contribution >= 4 is 39.1 Å². The summed E-state index contributed by atoms with van der Waals surface area (Å²) in [6, 6.07) is 5.11. The molecule has 1 N–H and O–H groups in total. The van der Waals surface area contributed by atoms with E-state index in [9.17, 15) is 13.2 Å². The average molecular weight is 378 g/mol. The quantitative estimate of drug-likeness (QED) is 0.823. The molecule has 1 heterocycles. The van der Waals surface area contributed by atoms with Gasteiger partial charge in [-0.15, -0.1) is 11.8 Å². The molecule has 1 aliphatic rings. The molecule has 1 saturated heterocycles. The summed E-state index contributed by atoms with van der Waals surface area (Å²) in [5.41, 5.74) is 0.924. The van der Waals surface area contributed by atoms with E-state index in [2.05, 4.69) is 5.32 Å². The summed E-state index contributed by atoms with van der Waals surface area (Å²) < 4.78 is 28.1. The van der Waals surface area contributed by atoms with Crippen LogP contribution in [0, 0.1) is 0 Å². The minimum atomic E-state index is -2.99. The van der Waals surface area contributed by atoms with Gasteiger partial charge in [0.05, 0.1) is 23.9 Å². The maximum Gasteiger partial charge on any atom is 0.233 e. The maximum atomic E-state index is 12.2. The van der Waals surface area contributed by atoms with Crippen LogP contribution in [0.15, 0.2) is 18.2 Å². The zero-order valence-electron chi connectivity index (χ0n) is 13.0. The molecule has 0 bridgehead atoms. The first-order valence-electron chi connectivity index (χ1n) is 7.25. The first-order chi connectivity index (χ1) is 10.8. The predicted octanol–water partition coefficient (Wildman–Crippen LogP) is 2.27. The van der Waals surface area contributed by atoms with Crippen LogP contribution in [0.2, 0.25) is 5.02 Å². The number of thioether (sulfide) groups is 1. The molecule has 5 nitrogen and oxygen atoms in total. The fourth-order valence-corrected chi connectivity index (χ4v) is 5.12. The molecule has 1 amide bonds. The molecule has 8 heteroatoms. The van der Waals surface area contributed by atoms with Gasteiger partial charge in [0, 0.05) is 22.4 Å². The number of hydrogen-bond donors (Lipinski definition) is 1. The molecular formula is C15H20ClNO4S2. The van der Waals surface area contributed by atoms with Gasteiger partial charge in [-0.05, 0) is 31.5 Å². The third-order valence-electron chi connectivity index (χ3n) is 3.68. The van der Waals surface area contributed by atoms with E-state index < -0.39 is 9.84 Å². The third kappa shape index (κ3) is 5.29. The Kier molecular flexibility index (Phi) is 6.22. The highest BCUT2D eigenvalue weighted by Gasteiger charge is 2.30. The minimum absolute atomic E-state index is 0.0399. The van der Waals surface area contributed by atoms with Gasteiger partial charge in [0.25, 0.3) is 0 Å². The lowest BCUT2D eigenvalue weighted by molar-refractivity contribution is -0.120. The third-order valence-corrected chi connectivity index (χ3v) is 6.87. The Morgan fingerprint density at radius 3 is 2.87 bits per heavy atom. The Hall–Kier alpha value is -0.920. The second kappa shape index (κ2) is 7.77. The molecule has 0 saturated carbocycles. The Morgan fingerprint density at radius 1 is 1.52 bits per heavy atom. The molecule has 1 aliphatic heterocycles. The van der Waals surface area contributed by atoms with Crippen molar-refractivity contribution in [1.82, 2.24) is 5.32 Å². The van der Waals surface area contributed by atoms with Crippen LogP contribution in [0.5, 0.6) is 5.75 Å². The number of rotatable bonds is 6. The zero-order valence-corrected chi connectivity index (χ0v) is 15.4. The minimum Gasteiger partial charge on any atom is -0.496 e. The number of benzene rings is 1. The van der Waals surface area contributed by atoms with Crippen LogP contribution in [0.25, 0.3) is 0 Å². The molecule has 1 fully saturated rings. The number of carbonyl (C=O) groups excluding carboxylic acids is 1. The highest BCUT2D eigenvalue weighted by atomic mass is 35.5. The fourth-order valence-electron chi connectivity index (χ4n) is 2.38. The fraction of sp³-hybridized carbons (Fsp3) is 0.533. The number of ether oxygens (including phenoxy) is 1. The van der Waals surface area contributed by atoms with Crippen LogP contribution in [-0.4, -0.2) is 44.2 Å². The largest absolute Gasteiger partial charge is 0.496 e. The summed E-state index contributed by atoms with van der Waals surface area (Å²) in [5, 5.41) is 3.14. The van der Waals surface area contributed by atoms with Crippen LogP contribution in [0.3, 0.4) is 0 Å². The Labute approximate surface area is 146 Å². The van der Waals surface area contributed by atoms with E-state index in [1.807, 2.05) is 6.07 Å². The number of methoxy groups -OCH3 is 1. The molecule has 23 heavy (non-hydrogen) atoms. The van der Waals surface area contributed by atoms with Crippen molar-refractivity contribution < 1.29 is 17.9 Å². The van der Waals surface area contributed by atoms with Gasteiger partial charge in [-0.3, -0.25) is 4.79 Å². The SMILES string of the molecule is COc1ccc(Cl)cc1CS[C@H](C)C(=O)N[C@H]1CCS(=O)(=O)C1. The maximum absolute atomic E-state index is 12.2. The van der Waals surface area contributed by atoms with E-state index in [1.165, 1.54) is 11.8 Å². The summed E-state index contributed by atoms with van der Waals surface area (Å²) in [5.74, 6) is 1.37. The van der Waals surface area contributed by atoms with Crippen molar-refractivity contribution in [2.45, 2.75) is 30.4 Å². The Bertz CT molecular complexity index is 678. The monoisotopic (exact) mass is 377 g/mol. The normalized spacial score (nSPS) is 20.9. The smallest absolute Gasteiger partial charge is 0.233 e. The van der Waals surface area contributed by atoms with E-state index >= 15 is 0 Å². The average Bonchev–Trinajstić information content (AvgIpc) is 2.83. The van der Waals surface area contributed by atoms with Crippen molar-refractivity contribution in [2.75, 3.05) is 18.6 Å². The lowest BCUT2D eigenvalue weighted by Crippen LogP contribution is -2.40. The molecular weight excluding hydrogens is 358 g/mol. The van der Waals surface area contributed by atoms with Gasteiger partial charge in [-0.2, -0.15) is 0 Å². The molecule has 0 aromatic heterocycles. The summed E-state index contributed by atoms with van der Waals surface area (Å²) in [4.78, 5) is 12.2. The van der Waals surface area contributed by atoms with Crippen LogP contribution in [0.4, 0.5) is 0 Å². The molecule has 0 spiro atoms. The molecule has 0 unspecified atom stereocenters. The van der Waals surface area contributed by atoms with E-state index in [0.717, 1.165) is 11.3 Å². The summed E-state index contributed by atoms with van der Waals surface area (Å²) in [6.07, 6.45) is 0.494. The van der Waals surface area contributed by atoms with Gasteiger partial charge in [0.15, 0.2) is 9.84 Å². The van der Waals surface area contributed by atoms with Crippen molar-refractivity contribution in [1.29, 1.82) is 0 Å². The summed E-state index contributed by atoms with van der Waals surface area (Å²) in [7, 11) is -1.40. The Morgan fingerprint density at radius 2 is 2.26 bits per heavy atom. The lowest BCUT2D eigenvalue weighted by Gasteiger charge is -2.16. The summed E-state index contributed by atoms with van der Waals surface area (Å²) >= 11 is 7.45. The number of amides is 1. The van der Waals surface area contributed by atoms with Gasteiger partial charge < -0.3 is 10.1 Å². The highest BCUT2D eigenvalue weighted by molar-refractivity contribution is 7.99.